The Hall–Kier alpha value is -8.52. The molecule has 0 atom stereocenters. The molecule has 65 heavy (non-hydrogen) atoms. The Morgan fingerprint density at radius 3 is 1.34 bits per heavy atom. The SMILES string of the molecule is C(=C\c1ccc(-c2cccc3ccccc23)c2ccccc12)/c1ccc(-c2c3ccccc3c(-c3ccc(N(c4ccccc4)c4cccc5ccccc45)cc3)c3ccccc23)cc1. The van der Waals surface area contributed by atoms with E-state index in [1.807, 2.05) is 0 Å². The Balaban J connectivity index is 0.906. The molecule has 0 spiro atoms. The van der Waals surface area contributed by atoms with Gasteiger partial charge in [0.15, 0.2) is 0 Å². The number of hydrogen-bond acceptors (Lipinski definition) is 1. The Morgan fingerprint density at radius 1 is 0.262 bits per heavy atom. The topological polar surface area (TPSA) is 3.24 Å². The molecule has 0 radical (unpaired) electrons. The predicted molar refractivity (Wildman–Crippen MR) is 280 cm³/mol. The van der Waals surface area contributed by atoms with Gasteiger partial charge in [-0.05, 0) is 123 Å². The van der Waals surface area contributed by atoms with Gasteiger partial charge in [-0.15, -0.1) is 0 Å². The summed E-state index contributed by atoms with van der Waals surface area (Å²) < 4.78 is 0. The van der Waals surface area contributed by atoms with Crippen LogP contribution in [0.4, 0.5) is 17.1 Å². The number of anilines is 3. The van der Waals surface area contributed by atoms with Crippen LogP contribution >= 0.6 is 0 Å². The van der Waals surface area contributed by atoms with Gasteiger partial charge in [0, 0.05) is 16.8 Å². The lowest BCUT2D eigenvalue weighted by Crippen LogP contribution is -2.10. The van der Waals surface area contributed by atoms with E-state index in [0.717, 1.165) is 22.6 Å². The summed E-state index contributed by atoms with van der Waals surface area (Å²) in [6.07, 6.45) is 4.50. The van der Waals surface area contributed by atoms with Crippen LogP contribution in [0.2, 0.25) is 0 Å². The van der Waals surface area contributed by atoms with Gasteiger partial charge >= 0.3 is 0 Å². The zero-order valence-electron chi connectivity index (χ0n) is 35.8. The van der Waals surface area contributed by atoms with Crippen LogP contribution in [0.1, 0.15) is 11.1 Å². The number of hydrogen-bond donors (Lipinski definition) is 0. The van der Waals surface area contributed by atoms with Gasteiger partial charge in [0.1, 0.15) is 0 Å². The van der Waals surface area contributed by atoms with Crippen molar-refractivity contribution in [2.24, 2.45) is 0 Å². The second-order valence-electron chi connectivity index (χ2n) is 16.8. The molecular weight excluding hydrogens is 783 g/mol. The van der Waals surface area contributed by atoms with Gasteiger partial charge in [-0.2, -0.15) is 0 Å². The van der Waals surface area contributed by atoms with Crippen molar-refractivity contribution in [2.45, 2.75) is 0 Å². The molecule has 0 aliphatic carbocycles. The average molecular weight is 826 g/mol. The van der Waals surface area contributed by atoms with Crippen molar-refractivity contribution in [2.75, 3.05) is 4.90 Å². The largest absolute Gasteiger partial charge is 0.310 e. The van der Waals surface area contributed by atoms with Crippen molar-refractivity contribution in [1.29, 1.82) is 0 Å². The molecule has 304 valence electrons. The third-order valence-electron chi connectivity index (χ3n) is 13.1. The molecule has 12 aromatic carbocycles. The average Bonchev–Trinajstić information content (AvgIpc) is 3.38. The number of benzene rings is 12. The summed E-state index contributed by atoms with van der Waals surface area (Å²) in [6.45, 7) is 0. The van der Waals surface area contributed by atoms with E-state index in [9.17, 15) is 0 Å². The third-order valence-corrected chi connectivity index (χ3v) is 13.1. The van der Waals surface area contributed by atoms with Crippen molar-refractivity contribution in [1.82, 2.24) is 0 Å². The van der Waals surface area contributed by atoms with E-state index >= 15 is 0 Å². The Labute approximate surface area is 379 Å². The van der Waals surface area contributed by atoms with Crippen molar-refractivity contribution in [3.05, 3.63) is 260 Å². The lowest BCUT2D eigenvalue weighted by atomic mass is 9.86. The summed E-state index contributed by atoms with van der Waals surface area (Å²) in [5.74, 6) is 0. The quantitative estimate of drug-likeness (QED) is 0.109. The van der Waals surface area contributed by atoms with E-state index in [-0.39, 0.29) is 0 Å². The monoisotopic (exact) mass is 825 g/mol. The summed E-state index contributed by atoms with van der Waals surface area (Å²) in [6, 6.07) is 90.5. The molecule has 0 fully saturated rings. The Bertz CT molecular complexity index is 3680. The number of nitrogens with zero attached hydrogens (tertiary/aromatic N) is 1. The number of fused-ring (bicyclic) bond motifs is 5. The maximum atomic E-state index is 2.37. The highest BCUT2D eigenvalue weighted by Crippen LogP contribution is 2.45. The van der Waals surface area contributed by atoms with E-state index in [2.05, 4.69) is 266 Å². The summed E-state index contributed by atoms with van der Waals surface area (Å²) in [5.41, 5.74) is 13.2. The smallest absolute Gasteiger partial charge is 0.0540 e. The molecule has 0 aromatic heterocycles. The molecule has 0 bridgehead atoms. The first kappa shape index (κ1) is 38.2. The first-order chi connectivity index (χ1) is 32.3. The van der Waals surface area contributed by atoms with Gasteiger partial charge in [-0.1, -0.05) is 231 Å². The predicted octanol–water partition coefficient (Wildman–Crippen LogP) is 18.1. The Kier molecular flexibility index (Phi) is 9.58. The molecule has 0 aliphatic heterocycles. The second-order valence-corrected chi connectivity index (χ2v) is 16.8. The minimum absolute atomic E-state index is 1.11. The van der Waals surface area contributed by atoms with Crippen molar-refractivity contribution in [3.63, 3.8) is 0 Å². The molecule has 0 N–H and O–H groups in total. The summed E-state index contributed by atoms with van der Waals surface area (Å²) in [7, 11) is 0. The van der Waals surface area contributed by atoms with Gasteiger partial charge in [-0.3, -0.25) is 0 Å². The number of rotatable bonds is 8. The fourth-order valence-corrected chi connectivity index (χ4v) is 10.0. The lowest BCUT2D eigenvalue weighted by Gasteiger charge is -2.27. The maximum absolute atomic E-state index is 2.37. The first-order valence-electron chi connectivity index (χ1n) is 22.4. The minimum Gasteiger partial charge on any atom is -0.310 e. The second kappa shape index (κ2) is 16.3. The number of para-hydroxylation sites is 1. The zero-order chi connectivity index (χ0) is 43.1. The standard InChI is InChI=1S/C64H43N/c1-2-20-50(21-3-1)65(62-31-15-19-46-17-5-7-24-54(46)62)51-41-38-49(39-42-51)64-60-28-12-10-26-58(60)63(59-27-11-13-29-61(59)64)48-36-33-44(34-37-48)32-35-47-40-43-57(55-25-9-8-23-53(47)55)56-30-14-18-45-16-4-6-22-52(45)56/h1-43H/b35-32+. The highest BCUT2D eigenvalue weighted by molar-refractivity contribution is 6.21. The van der Waals surface area contributed by atoms with Gasteiger partial charge in [0.05, 0.1) is 5.69 Å². The molecule has 1 nitrogen and oxygen atoms in total. The van der Waals surface area contributed by atoms with Crippen LogP contribution in [0, 0.1) is 0 Å². The van der Waals surface area contributed by atoms with Crippen molar-refractivity contribution in [3.8, 4) is 33.4 Å². The molecule has 1 heteroatoms. The third kappa shape index (κ3) is 6.82. The van der Waals surface area contributed by atoms with Crippen LogP contribution in [-0.4, -0.2) is 0 Å². The van der Waals surface area contributed by atoms with Gasteiger partial charge in [-0.25, -0.2) is 0 Å². The normalized spacial score (nSPS) is 11.6. The molecule has 0 saturated carbocycles. The molecule has 0 amide bonds. The molecule has 0 aliphatic rings. The van der Waals surface area contributed by atoms with Crippen LogP contribution in [0.5, 0.6) is 0 Å². The fourth-order valence-electron chi connectivity index (χ4n) is 10.0. The van der Waals surface area contributed by atoms with E-state index < -0.39 is 0 Å². The molecule has 0 heterocycles. The van der Waals surface area contributed by atoms with Gasteiger partial charge in [0.25, 0.3) is 0 Å². The van der Waals surface area contributed by atoms with Crippen LogP contribution in [0.15, 0.2) is 249 Å². The van der Waals surface area contributed by atoms with Crippen LogP contribution < -0.4 is 4.90 Å². The Morgan fingerprint density at radius 2 is 0.708 bits per heavy atom. The molecule has 12 aromatic rings. The summed E-state index contributed by atoms with van der Waals surface area (Å²) in [5, 5.41) is 12.4. The molecule has 0 saturated heterocycles. The highest BCUT2D eigenvalue weighted by atomic mass is 15.1. The molecular formula is C64H43N. The van der Waals surface area contributed by atoms with E-state index in [1.54, 1.807) is 0 Å². The lowest BCUT2D eigenvalue weighted by molar-refractivity contribution is 1.30. The molecule has 12 rings (SSSR count). The first-order valence-corrected chi connectivity index (χ1v) is 22.4. The maximum Gasteiger partial charge on any atom is 0.0540 e. The van der Waals surface area contributed by atoms with Crippen molar-refractivity contribution >= 4 is 83.1 Å². The van der Waals surface area contributed by atoms with E-state index in [0.29, 0.717) is 0 Å². The van der Waals surface area contributed by atoms with E-state index in [1.165, 1.54) is 92.8 Å². The fraction of sp³-hybridized carbons (Fsp3) is 0. The van der Waals surface area contributed by atoms with Crippen LogP contribution in [-0.2, 0) is 0 Å². The van der Waals surface area contributed by atoms with Crippen LogP contribution in [0.25, 0.3) is 99.4 Å². The highest BCUT2D eigenvalue weighted by Gasteiger charge is 2.19. The van der Waals surface area contributed by atoms with Crippen LogP contribution in [0.3, 0.4) is 0 Å². The molecule has 0 unspecified atom stereocenters. The summed E-state index contributed by atoms with van der Waals surface area (Å²) >= 11 is 0. The summed E-state index contributed by atoms with van der Waals surface area (Å²) in [4.78, 5) is 2.37. The zero-order valence-corrected chi connectivity index (χ0v) is 35.8. The van der Waals surface area contributed by atoms with Crippen molar-refractivity contribution < 1.29 is 0 Å². The minimum atomic E-state index is 1.11. The van der Waals surface area contributed by atoms with Gasteiger partial charge in [0.2, 0.25) is 0 Å². The van der Waals surface area contributed by atoms with E-state index in [4.69, 9.17) is 0 Å². The van der Waals surface area contributed by atoms with Gasteiger partial charge < -0.3 is 4.90 Å².